The molecular weight excluding hydrogens is 358 g/mol. The van der Waals surface area contributed by atoms with Crippen molar-refractivity contribution in [1.82, 2.24) is 15.3 Å². The highest BCUT2D eigenvalue weighted by Gasteiger charge is 2.20. The van der Waals surface area contributed by atoms with E-state index in [1.54, 1.807) is 5.51 Å². The van der Waals surface area contributed by atoms with Crippen molar-refractivity contribution in [3.8, 4) is 5.75 Å². The van der Waals surface area contributed by atoms with E-state index in [0.29, 0.717) is 23.9 Å². The highest BCUT2D eigenvalue weighted by Crippen LogP contribution is 2.31. The highest BCUT2D eigenvalue weighted by molar-refractivity contribution is 7.07. The zero-order valence-corrected chi connectivity index (χ0v) is 15.9. The summed E-state index contributed by atoms with van der Waals surface area (Å²) < 4.78 is 5.76. The summed E-state index contributed by atoms with van der Waals surface area (Å²) in [4.78, 5) is 19.5. The lowest BCUT2D eigenvalue weighted by molar-refractivity contribution is -0.128. The Hall–Kier alpha value is -2.05. The van der Waals surface area contributed by atoms with E-state index in [2.05, 4.69) is 15.3 Å². The third kappa shape index (κ3) is 4.32. The summed E-state index contributed by atoms with van der Waals surface area (Å²) in [5.41, 5.74) is 4.06. The molecule has 0 spiro atoms. The van der Waals surface area contributed by atoms with Crippen LogP contribution in [0.3, 0.4) is 0 Å². The van der Waals surface area contributed by atoms with Crippen molar-refractivity contribution in [2.75, 3.05) is 0 Å². The maximum absolute atomic E-state index is 12.0. The predicted molar refractivity (Wildman–Crippen MR) is 101 cm³/mol. The van der Waals surface area contributed by atoms with Crippen molar-refractivity contribution in [3.05, 3.63) is 45.5 Å². The van der Waals surface area contributed by atoms with Gasteiger partial charge in [-0.05, 0) is 12.1 Å². The maximum Gasteiger partial charge on any atom is 0.225 e. The fourth-order valence-electron chi connectivity index (χ4n) is 2.30. The first-order valence-corrected chi connectivity index (χ1v) is 9.24. The number of nitrogens with one attached hydrogen (secondary N) is 2. The molecular formula is C18H20ClN3O2S. The minimum Gasteiger partial charge on any atom is -0.486 e. The van der Waals surface area contributed by atoms with Gasteiger partial charge in [0.05, 0.1) is 22.8 Å². The summed E-state index contributed by atoms with van der Waals surface area (Å²) in [6, 6.07) is 5.71. The molecule has 2 N–H and O–H groups in total. The number of aromatic nitrogens is 2. The molecule has 5 nitrogen and oxygen atoms in total. The van der Waals surface area contributed by atoms with Crippen LogP contribution >= 0.6 is 22.9 Å². The van der Waals surface area contributed by atoms with E-state index in [4.69, 9.17) is 16.3 Å². The van der Waals surface area contributed by atoms with E-state index >= 15 is 0 Å². The van der Waals surface area contributed by atoms with Gasteiger partial charge in [0, 0.05) is 33.5 Å². The fourth-order valence-corrected chi connectivity index (χ4v) is 3.07. The molecule has 0 bridgehead atoms. The van der Waals surface area contributed by atoms with Gasteiger partial charge >= 0.3 is 0 Å². The smallest absolute Gasteiger partial charge is 0.225 e. The van der Waals surface area contributed by atoms with Gasteiger partial charge < -0.3 is 15.0 Å². The second kappa shape index (κ2) is 7.06. The molecule has 132 valence electrons. The zero-order valence-electron chi connectivity index (χ0n) is 14.4. The Morgan fingerprint density at radius 3 is 2.84 bits per heavy atom. The van der Waals surface area contributed by atoms with Crippen molar-refractivity contribution < 1.29 is 9.53 Å². The monoisotopic (exact) mass is 377 g/mol. The average molecular weight is 378 g/mol. The molecule has 0 atom stereocenters. The molecule has 0 saturated carbocycles. The summed E-state index contributed by atoms with van der Waals surface area (Å²) in [5, 5.41) is 6.40. The van der Waals surface area contributed by atoms with Crippen LogP contribution in [-0.4, -0.2) is 15.9 Å². The molecule has 0 fully saturated rings. The lowest BCUT2D eigenvalue weighted by Gasteiger charge is -2.17. The summed E-state index contributed by atoms with van der Waals surface area (Å²) in [7, 11) is 0. The van der Waals surface area contributed by atoms with Crippen LogP contribution in [0.4, 0.5) is 0 Å². The topological polar surface area (TPSA) is 67.0 Å². The third-order valence-corrected chi connectivity index (χ3v) is 4.64. The van der Waals surface area contributed by atoms with E-state index in [1.807, 2.05) is 44.4 Å². The second-order valence-electron chi connectivity index (χ2n) is 6.87. The van der Waals surface area contributed by atoms with Crippen LogP contribution in [0, 0.1) is 5.41 Å². The number of ether oxygens (including phenoxy) is 1. The molecule has 0 radical (unpaired) electrons. The number of thiazole rings is 1. The first kappa shape index (κ1) is 17.8. The molecule has 25 heavy (non-hydrogen) atoms. The van der Waals surface area contributed by atoms with Gasteiger partial charge in [-0.15, -0.1) is 11.3 Å². The molecule has 0 unspecified atom stereocenters. The molecule has 2 aromatic heterocycles. The van der Waals surface area contributed by atoms with Crippen LogP contribution < -0.4 is 10.1 Å². The largest absolute Gasteiger partial charge is 0.486 e. The van der Waals surface area contributed by atoms with Gasteiger partial charge in [0.25, 0.3) is 0 Å². The molecule has 1 amide bonds. The Bertz CT molecular complexity index is 882. The van der Waals surface area contributed by atoms with Crippen LogP contribution in [0.25, 0.3) is 10.9 Å². The Kier molecular flexibility index (Phi) is 5.01. The fraction of sp³-hybridized carbons (Fsp3) is 0.333. The normalized spacial score (nSPS) is 11.7. The van der Waals surface area contributed by atoms with Crippen molar-refractivity contribution in [2.24, 2.45) is 5.41 Å². The van der Waals surface area contributed by atoms with Gasteiger partial charge in [-0.2, -0.15) is 0 Å². The summed E-state index contributed by atoms with van der Waals surface area (Å²) in [6.07, 6.45) is 0. The predicted octanol–water partition coefficient (Wildman–Crippen LogP) is 4.52. The van der Waals surface area contributed by atoms with Gasteiger partial charge in [-0.25, -0.2) is 4.98 Å². The number of hydrogen-bond donors (Lipinski definition) is 2. The molecule has 0 saturated heterocycles. The number of amides is 1. The van der Waals surface area contributed by atoms with Crippen LogP contribution in [-0.2, 0) is 17.9 Å². The Labute approximate surface area is 155 Å². The van der Waals surface area contributed by atoms with E-state index in [0.717, 1.165) is 22.3 Å². The summed E-state index contributed by atoms with van der Waals surface area (Å²) in [5.74, 6) is 0.616. The molecule has 7 heteroatoms. The number of H-pyrrole nitrogens is 1. The van der Waals surface area contributed by atoms with E-state index < -0.39 is 5.41 Å². The van der Waals surface area contributed by atoms with Gasteiger partial charge in [-0.3, -0.25) is 4.79 Å². The van der Waals surface area contributed by atoms with Gasteiger partial charge in [0.1, 0.15) is 12.4 Å². The second-order valence-corrected chi connectivity index (χ2v) is 7.99. The molecule has 1 aromatic carbocycles. The van der Waals surface area contributed by atoms with Crippen molar-refractivity contribution >= 4 is 39.7 Å². The molecule has 0 aliphatic carbocycles. The average Bonchev–Trinajstić information content (AvgIpc) is 3.18. The maximum atomic E-state index is 12.0. The van der Waals surface area contributed by atoms with Gasteiger partial charge in [-0.1, -0.05) is 32.4 Å². The van der Waals surface area contributed by atoms with E-state index in [1.165, 1.54) is 11.3 Å². The van der Waals surface area contributed by atoms with Crippen LogP contribution in [0.15, 0.2) is 29.1 Å². The molecule has 2 heterocycles. The van der Waals surface area contributed by atoms with E-state index in [9.17, 15) is 4.79 Å². The van der Waals surface area contributed by atoms with Crippen LogP contribution in [0.5, 0.6) is 5.75 Å². The standard InChI is InChI=1S/C18H20ClN3O2S/c1-18(2,3)17(23)20-7-12-4-11-5-14(19)16(6-15(11)22-12)24-8-13-9-25-10-21-13/h4-6,9-10,22H,7-8H2,1-3H3,(H,20,23). The first-order valence-electron chi connectivity index (χ1n) is 7.92. The third-order valence-electron chi connectivity index (χ3n) is 3.71. The number of carbonyl (C=O) groups is 1. The quantitative estimate of drug-likeness (QED) is 0.687. The first-order chi connectivity index (χ1) is 11.8. The van der Waals surface area contributed by atoms with Crippen molar-refractivity contribution in [2.45, 2.75) is 33.9 Å². The summed E-state index contributed by atoms with van der Waals surface area (Å²) in [6.45, 7) is 6.49. The Balaban J connectivity index is 1.73. The number of aromatic amines is 1. The number of hydrogen-bond acceptors (Lipinski definition) is 4. The molecule has 0 aliphatic heterocycles. The molecule has 0 aliphatic rings. The van der Waals surface area contributed by atoms with Crippen molar-refractivity contribution in [1.29, 1.82) is 0 Å². The number of nitrogens with zero attached hydrogens (tertiary/aromatic N) is 1. The SMILES string of the molecule is CC(C)(C)C(=O)NCc1cc2cc(Cl)c(OCc3cscn3)cc2[nH]1. The van der Waals surface area contributed by atoms with Crippen molar-refractivity contribution in [3.63, 3.8) is 0 Å². The Morgan fingerprint density at radius 1 is 1.36 bits per heavy atom. The minimum atomic E-state index is -0.411. The summed E-state index contributed by atoms with van der Waals surface area (Å²) >= 11 is 7.84. The highest BCUT2D eigenvalue weighted by atomic mass is 35.5. The van der Waals surface area contributed by atoms with Gasteiger partial charge in [0.2, 0.25) is 5.91 Å². The number of rotatable bonds is 5. The number of halogens is 1. The lowest BCUT2D eigenvalue weighted by Crippen LogP contribution is -2.34. The zero-order chi connectivity index (χ0) is 18.0. The number of benzene rings is 1. The molecule has 3 rings (SSSR count). The van der Waals surface area contributed by atoms with Crippen LogP contribution in [0.2, 0.25) is 5.02 Å². The van der Waals surface area contributed by atoms with Crippen LogP contribution in [0.1, 0.15) is 32.2 Å². The van der Waals surface area contributed by atoms with E-state index in [-0.39, 0.29) is 5.91 Å². The minimum absolute atomic E-state index is 0.0106. The number of fused-ring (bicyclic) bond motifs is 1. The molecule has 3 aromatic rings. The Morgan fingerprint density at radius 2 is 2.16 bits per heavy atom. The van der Waals surface area contributed by atoms with Gasteiger partial charge in [0.15, 0.2) is 0 Å². The number of carbonyl (C=O) groups excluding carboxylic acids is 1. The lowest BCUT2D eigenvalue weighted by atomic mass is 9.96.